The second-order valence-electron chi connectivity index (χ2n) is 7.18. The summed E-state index contributed by atoms with van der Waals surface area (Å²) in [6.45, 7) is 9.28. The van der Waals surface area contributed by atoms with Gasteiger partial charge >= 0.3 is 0 Å². The second kappa shape index (κ2) is 3.74. The number of imidazole rings is 1. The molecule has 0 bridgehead atoms. The zero-order chi connectivity index (χ0) is 15.0. The summed E-state index contributed by atoms with van der Waals surface area (Å²) >= 11 is 5.62. The quantitative estimate of drug-likeness (QED) is 0.651. The van der Waals surface area contributed by atoms with Gasteiger partial charge in [0.25, 0.3) is 0 Å². The Morgan fingerprint density at radius 3 is 2.48 bits per heavy atom. The van der Waals surface area contributed by atoms with Crippen LogP contribution in [0.2, 0.25) is 0 Å². The molecular weight excluding hydrogens is 278 g/mol. The van der Waals surface area contributed by atoms with Gasteiger partial charge in [-0.1, -0.05) is 45.9 Å². The van der Waals surface area contributed by atoms with Crippen molar-refractivity contribution in [1.82, 2.24) is 14.5 Å². The lowest BCUT2D eigenvalue weighted by molar-refractivity contribution is 0.457. The van der Waals surface area contributed by atoms with Crippen LogP contribution in [0, 0.1) is 15.6 Å². The Kier molecular flexibility index (Phi) is 2.32. The fraction of sp³-hybridized carbons (Fsp3) is 0.412. The van der Waals surface area contributed by atoms with E-state index in [0.29, 0.717) is 6.04 Å². The maximum absolute atomic E-state index is 5.62. The van der Waals surface area contributed by atoms with Crippen molar-refractivity contribution in [2.24, 2.45) is 10.8 Å². The van der Waals surface area contributed by atoms with Crippen molar-refractivity contribution in [1.29, 1.82) is 0 Å². The molecule has 0 saturated heterocycles. The lowest BCUT2D eigenvalue weighted by atomic mass is 10.0. The van der Waals surface area contributed by atoms with E-state index in [9.17, 15) is 0 Å². The molecule has 3 aromatic rings. The maximum atomic E-state index is 5.62. The van der Waals surface area contributed by atoms with Gasteiger partial charge in [-0.15, -0.1) is 0 Å². The predicted molar refractivity (Wildman–Crippen MR) is 89.0 cm³/mol. The number of nitrogens with zero attached hydrogens (tertiary/aromatic N) is 2. The second-order valence-corrected chi connectivity index (χ2v) is 7.57. The number of aromatic amines is 1. The molecule has 1 aliphatic carbocycles. The Labute approximate surface area is 129 Å². The molecule has 1 aromatic carbocycles. The van der Waals surface area contributed by atoms with E-state index >= 15 is 0 Å². The van der Waals surface area contributed by atoms with Crippen LogP contribution in [0.25, 0.3) is 21.9 Å². The van der Waals surface area contributed by atoms with Crippen LogP contribution in [-0.2, 0) is 0 Å². The third-order valence-corrected chi connectivity index (χ3v) is 5.95. The molecule has 108 valence electrons. The summed E-state index contributed by atoms with van der Waals surface area (Å²) < 4.78 is 3.11. The summed E-state index contributed by atoms with van der Waals surface area (Å²) in [7, 11) is 0. The van der Waals surface area contributed by atoms with Crippen LogP contribution in [0.15, 0.2) is 30.5 Å². The molecule has 1 N–H and O–H groups in total. The summed E-state index contributed by atoms with van der Waals surface area (Å²) in [5.74, 6) is 0. The van der Waals surface area contributed by atoms with Gasteiger partial charge in [0, 0.05) is 11.4 Å². The van der Waals surface area contributed by atoms with E-state index in [2.05, 4.69) is 60.4 Å². The van der Waals surface area contributed by atoms with Gasteiger partial charge in [0.15, 0.2) is 4.77 Å². The van der Waals surface area contributed by atoms with Crippen molar-refractivity contribution in [3.63, 3.8) is 0 Å². The molecular formula is C17H19N3S. The standard InChI is InChI=1S/C17H19N3S/c1-16(2)14(17(16,3)4)20-13-10-7-5-6-8-11(10)18-9-12(13)19-15(20)21/h5-9,14H,1-4H3,(H,19,21). The minimum absolute atomic E-state index is 0.241. The van der Waals surface area contributed by atoms with Gasteiger partial charge in [-0.3, -0.25) is 4.98 Å². The number of fused-ring (bicyclic) bond motifs is 3. The van der Waals surface area contributed by atoms with Gasteiger partial charge in [-0.2, -0.15) is 0 Å². The molecule has 1 aliphatic rings. The van der Waals surface area contributed by atoms with E-state index in [1.165, 1.54) is 10.9 Å². The summed E-state index contributed by atoms with van der Waals surface area (Å²) in [5, 5.41) is 1.17. The van der Waals surface area contributed by atoms with E-state index < -0.39 is 0 Å². The molecule has 2 heterocycles. The number of H-pyrrole nitrogens is 1. The van der Waals surface area contributed by atoms with Crippen molar-refractivity contribution in [2.45, 2.75) is 33.7 Å². The highest BCUT2D eigenvalue weighted by Gasteiger charge is 2.66. The number of rotatable bonds is 1. The van der Waals surface area contributed by atoms with Crippen molar-refractivity contribution in [3.05, 3.63) is 35.2 Å². The summed E-state index contributed by atoms with van der Waals surface area (Å²) in [5.41, 5.74) is 3.71. The van der Waals surface area contributed by atoms with Gasteiger partial charge < -0.3 is 9.55 Å². The maximum Gasteiger partial charge on any atom is 0.178 e. The summed E-state index contributed by atoms with van der Waals surface area (Å²) in [6.07, 6.45) is 1.90. The first-order chi connectivity index (χ1) is 9.85. The SMILES string of the molecule is CC1(C)C(n2c(=S)[nH]c3cnc4ccccc4c32)C1(C)C. The number of aromatic nitrogens is 3. The van der Waals surface area contributed by atoms with Crippen molar-refractivity contribution < 1.29 is 0 Å². The Bertz CT molecular complexity index is 916. The monoisotopic (exact) mass is 297 g/mol. The van der Waals surface area contributed by atoms with Crippen LogP contribution in [0.1, 0.15) is 33.7 Å². The molecule has 0 atom stereocenters. The first kappa shape index (κ1) is 13.0. The molecule has 1 fully saturated rings. The van der Waals surface area contributed by atoms with Crippen molar-refractivity contribution >= 4 is 34.2 Å². The van der Waals surface area contributed by atoms with Crippen LogP contribution in [0.3, 0.4) is 0 Å². The van der Waals surface area contributed by atoms with Crippen molar-refractivity contribution in [3.8, 4) is 0 Å². The van der Waals surface area contributed by atoms with Gasteiger partial charge in [0.1, 0.15) is 0 Å². The fourth-order valence-corrected chi connectivity index (χ4v) is 4.11. The Hall–Kier alpha value is -1.68. The van der Waals surface area contributed by atoms with Crippen LogP contribution in [0.5, 0.6) is 0 Å². The van der Waals surface area contributed by atoms with E-state index in [1.54, 1.807) is 0 Å². The van der Waals surface area contributed by atoms with Gasteiger partial charge in [0.05, 0.1) is 22.7 Å². The molecule has 0 spiro atoms. The number of nitrogens with one attached hydrogen (secondary N) is 1. The van der Waals surface area contributed by atoms with Crippen LogP contribution in [-0.4, -0.2) is 14.5 Å². The lowest BCUT2D eigenvalue weighted by Crippen LogP contribution is -2.01. The fourth-order valence-electron chi connectivity index (χ4n) is 3.81. The smallest absolute Gasteiger partial charge is 0.178 e. The number of hydrogen-bond donors (Lipinski definition) is 1. The highest BCUT2D eigenvalue weighted by molar-refractivity contribution is 7.71. The number of benzene rings is 1. The molecule has 1 saturated carbocycles. The average Bonchev–Trinajstić information content (AvgIpc) is 2.69. The minimum Gasteiger partial charge on any atom is -0.329 e. The Morgan fingerprint density at radius 2 is 1.81 bits per heavy atom. The van der Waals surface area contributed by atoms with E-state index in [0.717, 1.165) is 15.8 Å². The molecule has 21 heavy (non-hydrogen) atoms. The summed E-state index contributed by atoms with van der Waals surface area (Å²) in [6, 6.07) is 8.69. The molecule has 4 heteroatoms. The number of hydrogen-bond acceptors (Lipinski definition) is 2. The largest absolute Gasteiger partial charge is 0.329 e. The predicted octanol–water partition coefficient (Wildman–Crippen LogP) is 4.85. The van der Waals surface area contributed by atoms with E-state index in [-0.39, 0.29) is 10.8 Å². The zero-order valence-electron chi connectivity index (χ0n) is 12.8. The Balaban J connectivity index is 2.13. The van der Waals surface area contributed by atoms with E-state index in [1.807, 2.05) is 12.3 Å². The number of pyridine rings is 1. The van der Waals surface area contributed by atoms with Gasteiger partial charge in [-0.05, 0) is 29.1 Å². The third kappa shape index (κ3) is 1.49. The van der Waals surface area contributed by atoms with Crippen LogP contribution in [0.4, 0.5) is 0 Å². The molecule has 2 aromatic heterocycles. The number of para-hydroxylation sites is 1. The third-order valence-electron chi connectivity index (χ3n) is 5.65. The first-order valence-electron chi connectivity index (χ1n) is 7.33. The molecule has 0 unspecified atom stereocenters. The lowest BCUT2D eigenvalue weighted by Gasteiger charge is -2.08. The molecule has 0 amide bonds. The molecule has 3 nitrogen and oxygen atoms in total. The van der Waals surface area contributed by atoms with Crippen LogP contribution >= 0.6 is 12.2 Å². The topological polar surface area (TPSA) is 33.6 Å². The van der Waals surface area contributed by atoms with Crippen molar-refractivity contribution in [2.75, 3.05) is 0 Å². The highest BCUT2D eigenvalue weighted by atomic mass is 32.1. The average molecular weight is 297 g/mol. The molecule has 4 rings (SSSR count). The van der Waals surface area contributed by atoms with Crippen LogP contribution < -0.4 is 0 Å². The van der Waals surface area contributed by atoms with E-state index in [4.69, 9.17) is 12.2 Å². The zero-order valence-corrected chi connectivity index (χ0v) is 13.6. The van der Waals surface area contributed by atoms with Gasteiger partial charge in [-0.25, -0.2) is 0 Å². The first-order valence-corrected chi connectivity index (χ1v) is 7.74. The van der Waals surface area contributed by atoms with Gasteiger partial charge in [0.2, 0.25) is 0 Å². The summed E-state index contributed by atoms with van der Waals surface area (Å²) in [4.78, 5) is 7.86. The molecule has 0 radical (unpaired) electrons. The normalized spacial score (nSPS) is 20.2. The Morgan fingerprint density at radius 1 is 1.14 bits per heavy atom. The highest BCUT2D eigenvalue weighted by Crippen LogP contribution is 2.71. The molecule has 0 aliphatic heterocycles. The minimum atomic E-state index is 0.241.